The zero-order chi connectivity index (χ0) is 30.0. The largest absolute Gasteiger partial charge is 0.483 e. The van der Waals surface area contributed by atoms with Crippen LogP contribution in [0.25, 0.3) is 0 Å². The summed E-state index contributed by atoms with van der Waals surface area (Å²) in [7, 11) is 0. The molecule has 4 atom stereocenters. The van der Waals surface area contributed by atoms with E-state index in [1.807, 2.05) is 0 Å². The van der Waals surface area contributed by atoms with Crippen LogP contribution in [0.3, 0.4) is 0 Å². The second kappa shape index (κ2) is 27.2. The maximum absolute atomic E-state index is 10.4. The smallest absolute Gasteiger partial charge is 0.162 e. The van der Waals surface area contributed by atoms with Crippen LogP contribution in [0.2, 0.25) is 0 Å². The van der Waals surface area contributed by atoms with Crippen LogP contribution in [0.1, 0.15) is 168 Å². The zero-order valence-electron chi connectivity index (χ0n) is 26.6. The van der Waals surface area contributed by atoms with Crippen LogP contribution in [0.15, 0.2) is 0 Å². The Bertz CT molecular complexity index is 632. The van der Waals surface area contributed by atoms with Crippen molar-refractivity contribution < 1.29 is 24.4 Å². The summed E-state index contributed by atoms with van der Waals surface area (Å²) < 4.78 is 17.6. The Balaban J connectivity index is 2.20. The fourth-order valence-electron chi connectivity index (χ4n) is 5.49. The number of hydrogen-bond acceptors (Lipinski definition) is 7. The molecule has 0 radical (unpaired) electrons. The van der Waals surface area contributed by atoms with Crippen molar-refractivity contribution in [3.8, 4) is 0 Å². The number of hydrogen-bond donors (Lipinski definition) is 2. The SMILES string of the molecule is CCCCCCCCCCCCCC(=S)OC[C@H](OC(=S)CCCCCCCCCCCCC)[C@@H]1OC[C@@H](O)[C@@H]1O. The Morgan fingerprint density at radius 2 is 1.02 bits per heavy atom. The Hall–Kier alpha value is -0.340. The van der Waals surface area contributed by atoms with Gasteiger partial charge in [-0.2, -0.15) is 0 Å². The molecule has 7 heteroatoms. The number of unbranched alkanes of at least 4 members (excludes halogenated alkanes) is 20. The number of rotatable bonds is 28. The van der Waals surface area contributed by atoms with Gasteiger partial charge in [0.1, 0.15) is 24.9 Å². The fourth-order valence-corrected chi connectivity index (χ4v) is 5.97. The van der Waals surface area contributed by atoms with Crippen LogP contribution in [0.4, 0.5) is 0 Å². The normalized spacial score (nSPS) is 19.4. The second-order valence-electron chi connectivity index (χ2n) is 12.1. The lowest BCUT2D eigenvalue weighted by atomic mass is 10.1. The van der Waals surface area contributed by atoms with Crippen LogP contribution >= 0.6 is 24.4 Å². The van der Waals surface area contributed by atoms with Crippen molar-refractivity contribution in [2.75, 3.05) is 13.2 Å². The summed E-state index contributed by atoms with van der Waals surface area (Å²) in [6.45, 7) is 4.78. The molecule has 0 amide bonds. The first-order chi connectivity index (χ1) is 20.0. The summed E-state index contributed by atoms with van der Waals surface area (Å²) >= 11 is 11.0. The third-order valence-corrected chi connectivity index (χ3v) is 8.84. The standard InChI is InChI=1S/C34H64O5S2/c1-3-5-7-9-11-13-15-17-19-21-23-25-31(40)37-28-30(34-33(36)29(35)27-38-34)39-32(41)26-24-22-20-18-16-14-12-10-8-6-4-2/h29-30,33-36H,3-28H2,1-2H3/t29-,30+,33+,34+/m1/s1. The molecule has 1 saturated heterocycles. The number of ether oxygens (including phenoxy) is 3. The van der Waals surface area contributed by atoms with E-state index in [0.717, 1.165) is 25.7 Å². The molecule has 1 aliphatic rings. The zero-order valence-corrected chi connectivity index (χ0v) is 28.3. The Morgan fingerprint density at radius 3 is 1.41 bits per heavy atom. The number of aliphatic hydroxyl groups is 2. The predicted molar refractivity (Wildman–Crippen MR) is 180 cm³/mol. The number of aliphatic hydroxyl groups excluding tert-OH is 2. The summed E-state index contributed by atoms with van der Waals surface area (Å²) in [5.41, 5.74) is 0. The van der Waals surface area contributed by atoms with Crippen LogP contribution in [-0.4, -0.2) is 57.9 Å². The van der Waals surface area contributed by atoms with E-state index in [9.17, 15) is 10.2 Å². The van der Waals surface area contributed by atoms with Crippen molar-refractivity contribution in [2.24, 2.45) is 0 Å². The van der Waals surface area contributed by atoms with Gasteiger partial charge in [0.15, 0.2) is 16.2 Å². The second-order valence-corrected chi connectivity index (χ2v) is 13.0. The van der Waals surface area contributed by atoms with Crippen molar-refractivity contribution in [2.45, 2.75) is 192 Å². The first kappa shape index (κ1) is 38.7. The molecule has 5 nitrogen and oxygen atoms in total. The molecule has 0 aromatic heterocycles. The highest BCUT2D eigenvalue weighted by atomic mass is 32.1. The molecule has 41 heavy (non-hydrogen) atoms. The molecule has 0 aromatic carbocycles. The van der Waals surface area contributed by atoms with Crippen molar-refractivity contribution in [3.63, 3.8) is 0 Å². The first-order valence-electron chi connectivity index (χ1n) is 17.3. The van der Waals surface area contributed by atoms with E-state index in [1.54, 1.807) is 0 Å². The molecule has 2 N–H and O–H groups in total. The minimum atomic E-state index is -1.02. The molecule has 242 valence electrons. The summed E-state index contributed by atoms with van der Waals surface area (Å²) in [5, 5.41) is 21.5. The monoisotopic (exact) mass is 616 g/mol. The van der Waals surface area contributed by atoms with Crippen molar-refractivity contribution in [3.05, 3.63) is 0 Å². The lowest BCUT2D eigenvalue weighted by Gasteiger charge is -2.27. The van der Waals surface area contributed by atoms with E-state index in [1.165, 1.54) is 122 Å². The third-order valence-electron chi connectivity index (χ3n) is 8.22. The van der Waals surface area contributed by atoms with Gasteiger partial charge in [-0.15, -0.1) is 0 Å². The van der Waals surface area contributed by atoms with E-state index in [0.29, 0.717) is 16.5 Å². The molecule has 0 aliphatic carbocycles. The predicted octanol–water partition coefficient (Wildman–Crippen LogP) is 9.57. The highest BCUT2D eigenvalue weighted by molar-refractivity contribution is 7.80. The quantitative estimate of drug-likeness (QED) is 0.0670. The average Bonchev–Trinajstić information content (AvgIpc) is 3.30. The fraction of sp³-hybridized carbons (Fsp3) is 0.941. The highest BCUT2D eigenvalue weighted by Gasteiger charge is 2.41. The van der Waals surface area contributed by atoms with E-state index in [2.05, 4.69) is 13.8 Å². The van der Waals surface area contributed by atoms with Crippen molar-refractivity contribution in [1.29, 1.82) is 0 Å². The van der Waals surface area contributed by atoms with Gasteiger partial charge in [-0.05, 0) is 37.3 Å². The van der Waals surface area contributed by atoms with Crippen LogP contribution in [-0.2, 0) is 14.2 Å². The maximum Gasteiger partial charge on any atom is 0.162 e. The third kappa shape index (κ3) is 21.1. The Kier molecular flexibility index (Phi) is 25.7. The van der Waals surface area contributed by atoms with Crippen LogP contribution in [0, 0.1) is 0 Å². The van der Waals surface area contributed by atoms with Crippen LogP contribution in [0.5, 0.6) is 0 Å². The summed E-state index contributed by atoms with van der Waals surface area (Å²) in [6, 6.07) is 0. The van der Waals surface area contributed by atoms with Gasteiger partial charge in [-0.1, -0.05) is 142 Å². The van der Waals surface area contributed by atoms with Gasteiger partial charge >= 0.3 is 0 Å². The van der Waals surface area contributed by atoms with E-state index >= 15 is 0 Å². The van der Waals surface area contributed by atoms with Crippen LogP contribution < -0.4 is 0 Å². The van der Waals surface area contributed by atoms with Gasteiger partial charge in [-0.3, -0.25) is 0 Å². The van der Waals surface area contributed by atoms with Gasteiger partial charge in [0.25, 0.3) is 0 Å². The summed E-state index contributed by atoms with van der Waals surface area (Å²) in [6.07, 6.45) is 26.7. The van der Waals surface area contributed by atoms with E-state index < -0.39 is 24.4 Å². The van der Waals surface area contributed by atoms with E-state index in [4.69, 9.17) is 38.6 Å². The van der Waals surface area contributed by atoms with Crippen molar-refractivity contribution >= 4 is 34.5 Å². The first-order valence-corrected chi connectivity index (χ1v) is 18.1. The molecule has 0 unspecified atom stereocenters. The van der Waals surface area contributed by atoms with Gasteiger partial charge in [-0.25, -0.2) is 0 Å². The number of thiocarbonyl (C=S) groups is 2. The minimum absolute atomic E-state index is 0.0836. The molecule has 1 heterocycles. The Labute approximate surface area is 263 Å². The lowest BCUT2D eigenvalue weighted by Crippen LogP contribution is -2.43. The molecule has 0 bridgehead atoms. The Morgan fingerprint density at radius 1 is 0.634 bits per heavy atom. The summed E-state index contributed by atoms with van der Waals surface area (Å²) in [4.78, 5) is 0. The van der Waals surface area contributed by atoms with Gasteiger partial charge < -0.3 is 24.4 Å². The van der Waals surface area contributed by atoms with Gasteiger partial charge in [0, 0.05) is 12.8 Å². The lowest BCUT2D eigenvalue weighted by molar-refractivity contribution is -0.0600. The molecule has 1 aliphatic heterocycles. The molecular weight excluding hydrogens is 553 g/mol. The summed E-state index contributed by atoms with van der Waals surface area (Å²) in [5.74, 6) is 0. The molecule has 1 fully saturated rings. The van der Waals surface area contributed by atoms with Gasteiger partial charge in [0.05, 0.1) is 6.61 Å². The average molecular weight is 617 g/mol. The minimum Gasteiger partial charge on any atom is -0.483 e. The van der Waals surface area contributed by atoms with Crippen molar-refractivity contribution in [1.82, 2.24) is 0 Å². The molecule has 0 aromatic rings. The van der Waals surface area contributed by atoms with E-state index in [-0.39, 0.29) is 13.2 Å². The molecular formula is C34H64O5S2. The highest BCUT2D eigenvalue weighted by Crippen LogP contribution is 2.22. The molecule has 1 rings (SSSR count). The molecule has 0 spiro atoms. The van der Waals surface area contributed by atoms with Gasteiger partial charge in [0.2, 0.25) is 0 Å². The maximum atomic E-state index is 10.4. The molecule has 0 saturated carbocycles. The topological polar surface area (TPSA) is 68.2 Å².